The number of nitrogens with zero attached hydrogens (tertiary/aromatic N) is 3. The highest BCUT2D eigenvalue weighted by Crippen LogP contribution is 2.31. The van der Waals surface area contributed by atoms with Crippen LogP contribution in [0.4, 0.5) is 4.79 Å². The Morgan fingerprint density at radius 2 is 2.03 bits per heavy atom. The van der Waals surface area contributed by atoms with E-state index in [1.54, 1.807) is 14.0 Å². The van der Waals surface area contributed by atoms with E-state index in [1.165, 1.54) is 22.7 Å². The molecule has 1 aliphatic heterocycles. The van der Waals surface area contributed by atoms with E-state index < -0.39 is 12.0 Å². The molecule has 1 aliphatic rings. The Hall–Kier alpha value is -3.06. The molecule has 180 valence electrons. The molecule has 0 saturated heterocycles. The number of esters is 1. The Labute approximate surface area is 204 Å². The minimum atomic E-state index is -0.596. The van der Waals surface area contributed by atoms with Gasteiger partial charge in [0.15, 0.2) is 0 Å². The third-order valence-corrected chi connectivity index (χ3v) is 6.82. The average molecular weight is 504 g/mol. The summed E-state index contributed by atoms with van der Waals surface area (Å²) in [5, 5.41) is 17.8. The fourth-order valence-corrected chi connectivity index (χ4v) is 4.96. The molecule has 3 aromatic heterocycles. The van der Waals surface area contributed by atoms with Gasteiger partial charge in [0, 0.05) is 30.8 Å². The highest BCUT2D eigenvalue weighted by Gasteiger charge is 2.35. The summed E-state index contributed by atoms with van der Waals surface area (Å²) in [6.07, 6.45) is 0. The molecule has 12 heteroatoms. The number of carbonyl (C=O) groups excluding carboxylic acids is 2. The molecule has 0 bridgehead atoms. The van der Waals surface area contributed by atoms with Crippen molar-refractivity contribution in [3.63, 3.8) is 0 Å². The molecule has 0 spiro atoms. The molecule has 0 aromatic carbocycles. The van der Waals surface area contributed by atoms with Gasteiger partial charge in [-0.15, -0.1) is 32.9 Å². The van der Waals surface area contributed by atoms with Crippen molar-refractivity contribution in [2.45, 2.75) is 19.5 Å². The summed E-state index contributed by atoms with van der Waals surface area (Å²) in [6.45, 7) is 3.49. The lowest BCUT2D eigenvalue weighted by Gasteiger charge is -2.31. The van der Waals surface area contributed by atoms with Gasteiger partial charge in [0.2, 0.25) is 5.89 Å². The highest BCUT2D eigenvalue weighted by molar-refractivity contribution is 7.13. The summed E-state index contributed by atoms with van der Waals surface area (Å²) >= 11 is 2.97. The van der Waals surface area contributed by atoms with Crippen molar-refractivity contribution in [3.8, 4) is 10.8 Å². The molecule has 1 atom stereocenters. The monoisotopic (exact) mass is 503 g/mol. The van der Waals surface area contributed by atoms with Gasteiger partial charge in [0.25, 0.3) is 5.89 Å². The maximum absolute atomic E-state index is 13.0. The zero-order valence-corrected chi connectivity index (χ0v) is 20.4. The summed E-state index contributed by atoms with van der Waals surface area (Å²) in [4.78, 5) is 29.2. The molecule has 0 fully saturated rings. The normalized spacial score (nSPS) is 16.0. The number of carbonyl (C=O) groups is 2. The van der Waals surface area contributed by atoms with Crippen molar-refractivity contribution in [2.75, 3.05) is 33.4 Å². The molecule has 0 aliphatic carbocycles. The smallest absolute Gasteiger partial charge is 0.338 e. The van der Waals surface area contributed by atoms with Crippen LogP contribution in [0.5, 0.6) is 0 Å². The fraction of sp³-hybridized carbons (Fsp3) is 0.364. The van der Waals surface area contributed by atoms with Crippen LogP contribution in [0.1, 0.15) is 23.7 Å². The number of ether oxygens (including phenoxy) is 2. The van der Waals surface area contributed by atoms with E-state index in [2.05, 4.69) is 20.8 Å². The number of hydrogen-bond donors (Lipinski definition) is 2. The van der Waals surface area contributed by atoms with E-state index in [9.17, 15) is 9.59 Å². The van der Waals surface area contributed by atoms with Gasteiger partial charge in [-0.05, 0) is 29.8 Å². The number of thiophene rings is 2. The van der Waals surface area contributed by atoms with E-state index in [4.69, 9.17) is 13.9 Å². The summed E-state index contributed by atoms with van der Waals surface area (Å²) in [7, 11) is 1.61. The number of amides is 2. The molecule has 0 radical (unpaired) electrons. The van der Waals surface area contributed by atoms with Crippen molar-refractivity contribution in [1.29, 1.82) is 0 Å². The van der Waals surface area contributed by atoms with Crippen molar-refractivity contribution >= 4 is 34.7 Å². The van der Waals surface area contributed by atoms with Gasteiger partial charge in [-0.1, -0.05) is 12.1 Å². The van der Waals surface area contributed by atoms with Gasteiger partial charge in [-0.3, -0.25) is 4.90 Å². The van der Waals surface area contributed by atoms with Crippen LogP contribution in [0.25, 0.3) is 10.8 Å². The predicted octanol–water partition coefficient (Wildman–Crippen LogP) is 3.18. The van der Waals surface area contributed by atoms with Crippen LogP contribution in [0.2, 0.25) is 0 Å². The standard InChI is InChI=1S/C22H25N5O5S2/c1-3-31-21(28)18-14(23-22(29)24-19(18)15-6-4-10-33-15)12-27(8-9-30-2)13-17-25-26-20(32-17)16-7-5-11-34-16/h4-7,10-11,19H,3,8-9,12-13H2,1-2H3,(H2,23,24,29)/t19-/m0/s1. The summed E-state index contributed by atoms with van der Waals surface area (Å²) < 4.78 is 16.4. The minimum absolute atomic E-state index is 0.224. The predicted molar refractivity (Wildman–Crippen MR) is 127 cm³/mol. The van der Waals surface area contributed by atoms with Crippen LogP contribution in [0.15, 0.2) is 50.7 Å². The molecule has 0 saturated carbocycles. The molecular formula is C22H25N5O5S2. The lowest BCUT2D eigenvalue weighted by atomic mass is 10.0. The van der Waals surface area contributed by atoms with Crippen LogP contribution >= 0.6 is 22.7 Å². The van der Waals surface area contributed by atoms with Crippen LogP contribution in [-0.4, -0.2) is 60.5 Å². The van der Waals surface area contributed by atoms with Crippen LogP contribution in [0, 0.1) is 0 Å². The molecule has 3 aromatic rings. The van der Waals surface area contributed by atoms with E-state index in [0.717, 1.165) is 9.75 Å². The average Bonchev–Trinajstić information content (AvgIpc) is 3.60. The van der Waals surface area contributed by atoms with E-state index in [0.29, 0.717) is 42.7 Å². The molecule has 4 rings (SSSR count). The van der Waals surface area contributed by atoms with Crippen molar-refractivity contribution in [1.82, 2.24) is 25.7 Å². The molecule has 34 heavy (non-hydrogen) atoms. The number of hydrogen-bond acceptors (Lipinski definition) is 10. The molecule has 2 amide bonds. The van der Waals surface area contributed by atoms with Gasteiger partial charge in [-0.2, -0.15) is 0 Å². The molecule has 4 heterocycles. The lowest BCUT2D eigenvalue weighted by molar-refractivity contribution is -0.139. The molecular weight excluding hydrogens is 478 g/mol. The van der Waals surface area contributed by atoms with Crippen molar-refractivity contribution in [3.05, 3.63) is 57.1 Å². The third kappa shape index (κ3) is 5.70. The Morgan fingerprint density at radius 3 is 2.74 bits per heavy atom. The van der Waals surface area contributed by atoms with Crippen molar-refractivity contribution < 1.29 is 23.5 Å². The summed E-state index contributed by atoms with van der Waals surface area (Å²) in [5.74, 6) is 0.400. The minimum Gasteiger partial charge on any atom is -0.463 e. The second-order valence-electron chi connectivity index (χ2n) is 7.34. The van der Waals surface area contributed by atoms with E-state index in [-0.39, 0.29) is 19.2 Å². The largest absolute Gasteiger partial charge is 0.463 e. The Kier molecular flexibility index (Phi) is 8.06. The highest BCUT2D eigenvalue weighted by atomic mass is 32.1. The van der Waals surface area contributed by atoms with Crippen LogP contribution < -0.4 is 10.6 Å². The molecule has 2 N–H and O–H groups in total. The van der Waals surface area contributed by atoms with Crippen molar-refractivity contribution in [2.24, 2.45) is 0 Å². The number of methoxy groups -OCH3 is 1. The maximum Gasteiger partial charge on any atom is 0.338 e. The second-order valence-corrected chi connectivity index (χ2v) is 9.27. The first-order valence-electron chi connectivity index (χ1n) is 10.7. The molecule has 0 unspecified atom stereocenters. The van der Waals surface area contributed by atoms with Crippen LogP contribution in [0.3, 0.4) is 0 Å². The summed E-state index contributed by atoms with van der Waals surface area (Å²) in [5.41, 5.74) is 0.839. The Morgan fingerprint density at radius 1 is 1.21 bits per heavy atom. The van der Waals surface area contributed by atoms with Gasteiger partial charge in [-0.25, -0.2) is 9.59 Å². The van der Waals surface area contributed by atoms with Gasteiger partial charge >= 0.3 is 12.0 Å². The van der Waals surface area contributed by atoms with Gasteiger partial charge in [0.1, 0.15) is 0 Å². The lowest BCUT2D eigenvalue weighted by Crippen LogP contribution is -2.48. The SMILES string of the molecule is CCOC(=O)C1=C(CN(CCOC)Cc2nnc(-c3cccs3)o2)NC(=O)N[C@H]1c1cccs1. The zero-order chi connectivity index (χ0) is 23.9. The van der Waals surface area contributed by atoms with Gasteiger partial charge in [0.05, 0.1) is 36.3 Å². The fourth-order valence-electron chi connectivity index (χ4n) is 3.53. The quantitative estimate of drug-likeness (QED) is 0.383. The maximum atomic E-state index is 13.0. The first-order chi connectivity index (χ1) is 16.6. The topological polar surface area (TPSA) is 119 Å². The Balaban J connectivity index is 1.62. The first kappa shape index (κ1) is 24.1. The third-order valence-electron chi connectivity index (χ3n) is 5.03. The second kappa shape index (κ2) is 11.4. The van der Waals surface area contributed by atoms with E-state index in [1.807, 2.05) is 39.9 Å². The Bertz CT molecular complexity index is 1130. The van der Waals surface area contributed by atoms with Crippen LogP contribution in [-0.2, 0) is 20.8 Å². The summed E-state index contributed by atoms with van der Waals surface area (Å²) in [6, 6.07) is 6.61. The number of urea groups is 1. The first-order valence-corrected chi connectivity index (χ1v) is 12.4. The van der Waals surface area contributed by atoms with E-state index >= 15 is 0 Å². The van der Waals surface area contributed by atoms with Gasteiger partial charge < -0.3 is 24.5 Å². The zero-order valence-electron chi connectivity index (χ0n) is 18.8. The molecule has 10 nitrogen and oxygen atoms in total. The number of rotatable bonds is 11. The number of aromatic nitrogens is 2. The number of nitrogens with one attached hydrogen (secondary N) is 2.